The molecule has 9 heteroatoms. The number of amides is 1. The van der Waals surface area contributed by atoms with Gasteiger partial charge >= 0.3 is 12.1 Å². The molecule has 0 aliphatic carbocycles. The highest BCUT2D eigenvalue weighted by atomic mass is 19.4. The molecule has 0 aromatic carbocycles. The molecule has 1 aromatic rings. The van der Waals surface area contributed by atoms with Gasteiger partial charge in [0, 0.05) is 0 Å². The molecular weight excluding hydrogens is 251 g/mol. The molecule has 0 saturated carbocycles. The highest BCUT2D eigenvalue weighted by Crippen LogP contribution is 2.42. The topological polar surface area (TPSA) is 76.0 Å². The molecule has 0 spiro atoms. The van der Waals surface area contributed by atoms with E-state index in [0.717, 1.165) is 0 Å². The first-order chi connectivity index (χ1) is 7.57. The average Bonchev–Trinajstić information content (AvgIpc) is 2.14. The van der Waals surface area contributed by atoms with E-state index in [-0.39, 0.29) is 6.07 Å². The van der Waals surface area contributed by atoms with E-state index in [2.05, 4.69) is 0 Å². The van der Waals surface area contributed by atoms with Gasteiger partial charge in [-0.3, -0.25) is 9.59 Å². The first-order valence-electron chi connectivity index (χ1n) is 4.05. The summed E-state index contributed by atoms with van der Waals surface area (Å²) in [7, 11) is 0. The van der Waals surface area contributed by atoms with E-state index in [1.165, 1.54) is 4.98 Å². The van der Waals surface area contributed by atoms with Crippen LogP contribution in [0.5, 0.6) is 0 Å². The molecule has 0 fully saturated rings. The van der Waals surface area contributed by atoms with Gasteiger partial charge in [-0.2, -0.15) is 22.0 Å². The quantitative estimate of drug-likeness (QED) is 0.778. The molecule has 0 aliphatic rings. The molecule has 1 heterocycles. The lowest BCUT2D eigenvalue weighted by Gasteiger charge is -2.19. The summed E-state index contributed by atoms with van der Waals surface area (Å²) in [5, 5.41) is 0. The van der Waals surface area contributed by atoms with Crippen LogP contribution < -0.4 is 11.3 Å². The zero-order valence-corrected chi connectivity index (χ0v) is 7.94. The Hall–Kier alpha value is -1.93. The Morgan fingerprint density at radius 3 is 2.06 bits per heavy atom. The number of aromatic nitrogens is 1. The Bertz CT molecular complexity index is 505. The van der Waals surface area contributed by atoms with Crippen molar-refractivity contribution >= 4 is 5.91 Å². The molecular formula is C8H5F5N2O2. The van der Waals surface area contributed by atoms with E-state index in [1.807, 2.05) is 0 Å². The van der Waals surface area contributed by atoms with E-state index >= 15 is 0 Å². The lowest BCUT2D eigenvalue weighted by atomic mass is 10.1. The summed E-state index contributed by atoms with van der Waals surface area (Å²) in [6.07, 6.45) is -5.84. The Morgan fingerprint density at radius 2 is 1.71 bits per heavy atom. The molecule has 1 rings (SSSR count). The number of alkyl halides is 5. The van der Waals surface area contributed by atoms with Crippen LogP contribution in [0.2, 0.25) is 0 Å². The van der Waals surface area contributed by atoms with Crippen LogP contribution in [0.3, 0.4) is 0 Å². The maximum Gasteiger partial charge on any atom is 0.459 e. The van der Waals surface area contributed by atoms with Crippen molar-refractivity contribution in [1.29, 1.82) is 0 Å². The first-order valence-corrected chi connectivity index (χ1v) is 4.05. The SMILES string of the molecule is NC(=O)c1ccc(C(F)(F)C(F)(F)F)[nH]c1=O. The second kappa shape index (κ2) is 3.82. The normalized spacial score (nSPS) is 12.5. The largest absolute Gasteiger partial charge is 0.459 e. The third kappa shape index (κ3) is 2.27. The van der Waals surface area contributed by atoms with Gasteiger partial charge < -0.3 is 10.7 Å². The molecule has 0 saturated heterocycles. The summed E-state index contributed by atoms with van der Waals surface area (Å²) in [5.41, 5.74) is 0.932. The van der Waals surface area contributed by atoms with Crippen molar-refractivity contribution < 1.29 is 26.7 Å². The molecule has 94 valence electrons. The third-order valence-corrected chi connectivity index (χ3v) is 1.87. The first kappa shape index (κ1) is 13.1. The molecule has 0 atom stereocenters. The van der Waals surface area contributed by atoms with Crippen LogP contribution in [0, 0.1) is 0 Å². The Kier molecular flexibility index (Phi) is 2.96. The highest BCUT2D eigenvalue weighted by Gasteiger charge is 2.59. The van der Waals surface area contributed by atoms with E-state index in [9.17, 15) is 31.5 Å². The van der Waals surface area contributed by atoms with Crippen molar-refractivity contribution in [1.82, 2.24) is 4.98 Å². The number of aromatic amines is 1. The monoisotopic (exact) mass is 256 g/mol. The summed E-state index contributed by atoms with van der Waals surface area (Å²) in [6, 6.07) is 0.797. The van der Waals surface area contributed by atoms with Crippen molar-refractivity contribution in [3.8, 4) is 0 Å². The number of carbonyl (C=O) groups excluding carboxylic acids is 1. The number of nitrogens with one attached hydrogen (secondary N) is 1. The number of pyridine rings is 1. The summed E-state index contributed by atoms with van der Waals surface area (Å²) in [5.74, 6) is -6.43. The molecule has 4 nitrogen and oxygen atoms in total. The number of primary amides is 1. The van der Waals surface area contributed by atoms with Gasteiger partial charge in [0.05, 0.1) is 5.69 Å². The van der Waals surface area contributed by atoms with Crippen LogP contribution >= 0.6 is 0 Å². The average molecular weight is 256 g/mol. The summed E-state index contributed by atoms with van der Waals surface area (Å²) < 4.78 is 61.4. The van der Waals surface area contributed by atoms with Crippen molar-refractivity contribution in [3.05, 3.63) is 33.7 Å². The van der Waals surface area contributed by atoms with Crippen LogP contribution in [-0.2, 0) is 5.92 Å². The lowest BCUT2D eigenvalue weighted by molar-refractivity contribution is -0.291. The fourth-order valence-corrected chi connectivity index (χ4v) is 1.00. The number of hydrogen-bond donors (Lipinski definition) is 2. The predicted molar refractivity (Wildman–Crippen MR) is 45.5 cm³/mol. The second-order valence-electron chi connectivity index (χ2n) is 3.05. The molecule has 0 aliphatic heterocycles. The van der Waals surface area contributed by atoms with Crippen LogP contribution in [-0.4, -0.2) is 17.1 Å². The fraction of sp³-hybridized carbons (Fsp3) is 0.250. The van der Waals surface area contributed by atoms with E-state index in [4.69, 9.17) is 5.73 Å². The van der Waals surface area contributed by atoms with Crippen molar-refractivity contribution in [2.45, 2.75) is 12.1 Å². The van der Waals surface area contributed by atoms with Gasteiger partial charge in [0.2, 0.25) is 0 Å². The van der Waals surface area contributed by atoms with E-state index in [1.54, 1.807) is 0 Å². The van der Waals surface area contributed by atoms with Gasteiger partial charge in [0.15, 0.2) is 0 Å². The minimum atomic E-state index is -5.84. The van der Waals surface area contributed by atoms with Crippen LogP contribution in [0.25, 0.3) is 0 Å². The number of rotatable bonds is 2. The van der Waals surface area contributed by atoms with Crippen molar-refractivity contribution in [2.24, 2.45) is 5.73 Å². The Morgan fingerprint density at radius 1 is 1.18 bits per heavy atom. The van der Waals surface area contributed by atoms with Gasteiger partial charge in [-0.25, -0.2) is 0 Å². The van der Waals surface area contributed by atoms with E-state index in [0.29, 0.717) is 6.07 Å². The standard InChI is InChI=1S/C8H5F5N2O2/c9-7(10,8(11,12)13)4-2-1-3(5(14)16)6(17)15-4/h1-2H,(H2,14,16)(H,15,17). The maximum absolute atomic E-state index is 12.8. The molecule has 1 amide bonds. The molecule has 0 bridgehead atoms. The maximum atomic E-state index is 12.8. The minimum Gasteiger partial charge on any atom is -0.365 e. The van der Waals surface area contributed by atoms with Crippen LogP contribution in [0.15, 0.2) is 16.9 Å². The van der Waals surface area contributed by atoms with Gasteiger partial charge in [-0.1, -0.05) is 0 Å². The summed E-state index contributed by atoms with van der Waals surface area (Å²) >= 11 is 0. The van der Waals surface area contributed by atoms with E-state index < -0.39 is 34.8 Å². The minimum absolute atomic E-state index is 0.287. The van der Waals surface area contributed by atoms with Gasteiger partial charge in [0.25, 0.3) is 11.5 Å². The number of halogens is 5. The molecule has 17 heavy (non-hydrogen) atoms. The number of H-pyrrole nitrogens is 1. The molecule has 3 N–H and O–H groups in total. The molecule has 0 unspecified atom stereocenters. The molecule has 1 aromatic heterocycles. The van der Waals surface area contributed by atoms with Gasteiger partial charge in [-0.15, -0.1) is 0 Å². The van der Waals surface area contributed by atoms with Crippen LogP contribution in [0.4, 0.5) is 22.0 Å². The summed E-state index contributed by atoms with van der Waals surface area (Å²) in [4.78, 5) is 22.8. The highest BCUT2D eigenvalue weighted by molar-refractivity contribution is 5.92. The van der Waals surface area contributed by atoms with Crippen molar-refractivity contribution in [2.75, 3.05) is 0 Å². The van der Waals surface area contributed by atoms with Gasteiger partial charge in [0.1, 0.15) is 5.56 Å². The third-order valence-electron chi connectivity index (χ3n) is 1.87. The predicted octanol–water partition coefficient (Wildman–Crippen LogP) is 1.13. The number of hydrogen-bond acceptors (Lipinski definition) is 2. The van der Waals surface area contributed by atoms with Gasteiger partial charge in [-0.05, 0) is 12.1 Å². The molecule has 0 radical (unpaired) electrons. The smallest absolute Gasteiger partial charge is 0.365 e. The summed E-state index contributed by atoms with van der Waals surface area (Å²) in [6.45, 7) is 0. The zero-order chi connectivity index (χ0) is 13.4. The van der Waals surface area contributed by atoms with Crippen molar-refractivity contribution in [3.63, 3.8) is 0 Å². The Balaban J connectivity index is 3.33. The van der Waals surface area contributed by atoms with Crippen LogP contribution in [0.1, 0.15) is 16.1 Å². The zero-order valence-electron chi connectivity index (χ0n) is 7.94. The number of carbonyl (C=O) groups is 1. The number of nitrogens with two attached hydrogens (primary N) is 1. The lowest BCUT2D eigenvalue weighted by Crippen LogP contribution is -2.36. The fourth-order valence-electron chi connectivity index (χ4n) is 1.00. The Labute approximate surface area is 90.2 Å². The second-order valence-corrected chi connectivity index (χ2v) is 3.05.